The molecular weight excluding hydrogens is 404 g/mol. The first-order valence-corrected chi connectivity index (χ1v) is 10.9. The summed E-state index contributed by atoms with van der Waals surface area (Å²) in [5.41, 5.74) is 5.53. The highest BCUT2D eigenvalue weighted by Gasteiger charge is 2.14. The van der Waals surface area contributed by atoms with Crippen LogP contribution in [0.3, 0.4) is 0 Å². The molecule has 6 rings (SSSR count). The molecule has 3 aromatic heterocycles. The number of anilines is 2. The number of pyridine rings is 2. The lowest BCUT2D eigenvalue weighted by atomic mass is 10.0. The van der Waals surface area contributed by atoms with Crippen LogP contribution in [-0.2, 0) is 0 Å². The molecule has 0 radical (unpaired) electrons. The van der Waals surface area contributed by atoms with Gasteiger partial charge in [0.05, 0.1) is 12.4 Å². The molecular formula is C29H22N4. The summed E-state index contributed by atoms with van der Waals surface area (Å²) in [6.45, 7) is 0. The van der Waals surface area contributed by atoms with Crippen LogP contribution >= 0.6 is 0 Å². The van der Waals surface area contributed by atoms with Gasteiger partial charge in [-0.1, -0.05) is 54.6 Å². The Morgan fingerprint density at radius 1 is 0.697 bits per heavy atom. The Morgan fingerprint density at radius 2 is 1.55 bits per heavy atom. The summed E-state index contributed by atoms with van der Waals surface area (Å²) in [6.07, 6.45) is 3.40. The molecule has 0 fully saturated rings. The average molecular weight is 428 g/mol. The van der Waals surface area contributed by atoms with Crippen LogP contribution in [0, 0.1) is 0 Å². The molecule has 0 unspecified atom stereocenters. The van der Waals surface area contributed by atoms with E-state index < -0.39 is 0 Å². The Labute approximate surface area is 193 Å². The molecule has 0 spiro atoms. The van der Waals surface area contributed by atoms with E-state index in [1.807, 2.05) is 37.5 Å². The highest BCUT2D eigenvalue weighted by molar-refractivity contribution is 6.10. The summed E-state index contributed by atoms with van der Waals surface area (Å²) in [5, 5.41) is 2.36. The fourth-order valence-corrected chi connectivity index (χ4v) is 4.42. The number of para-hydroxylation sites is 1. The Bertz CT molecular complexity index is 1620. The molecule has 158 valence electrons. The van der Waals surface area contributed by atoms with Gasteiger partial charge in [0, 0.05) is 35.9 Å². The fourth-order valence-electron chi connectivity index (χ4n) is 4.42. The van der Waals surface area contributed by atoms with Crippen molar-refractivity contribution in [3.8, 4) is 16.9 Å². The monoisotopic (exact) mass is 427 g/mol. The van der Waals surface area contributed by atoms with Crippen molar-refractivity contribution < 1.29 is 1.37 Å². The second-order valence-corrected chi connectivity index (χ2v) is 8.00. The second kappa shape index (κ2) is 7.92. The Kier molecular flexibility index (Phi) is 4.36. The molecule has 3 heterocycles. The molecule has 4 nitrogen and oxygen atoms in total. The van der Waals surface area contributed by atoms with E-state index in [-0.39, 0.29) is 0 Å². The topological polar surface area (TPSA) is 34.0 Å². The normalized spacial score (nSPS) is 11.6. The summed E-state index contributed by atoms with van der Waals surface area (Å²) in [5.74, 6) is 1.71. The van der Waals surface area contributed by atoms with E-state index in [0.717, 1.165) is 39.5 Å². The van der Waals surface area contributed by atoms with Gasteiger partial charge in [0.2, 0.25) is 0 Å². The maximum absolute atomic E-state index is 7.83. The van der Waals surface area contributed by atoms with E-state index >= 15 is 0 Å². The van der Waals surface area contributed by atoms with Gasteiger partial charge in [-0.15, -0.1) is 0 Å². The quantitative estimate of drug-likeness (QED) is 0.303. The number of rotatable bonds is 4. The molecule has 0 saturated heterocycles. The van der Waals surface area contributed by atoms with Crippen LogP contribution in [0.1, 0.15) is 1.37 Å². The summed E-state index contributed by atoms with van der Waals surface area (Å²) >= 11 is 0. The van der Waals surface area contributed by atoms with Crippen molar-refractivity contribution in [2.45, 2.75) is 0 Å². The third kappa shape index (κ3) is 3.33. The number of aromatic nitrogens is 3. The smallest absolute Gasteiger partial charge is 0.137 e. The van der Waals surface area contributed by atoms with Gasteiger partial charge >= 0.3 is 0 Å². The van der Waals surface area contributed by atoms with Crippen molar-refractivity contribution in [1.82, 2.24) is 14.5 Å². The number of fused-ring (bicyclic) bond motifs is 3. The minimum absolute atomic E-state index is 0.402. The van der Waals surface area contributed by atoms with E-state index in [2.05, 4.69) is 86.2 Å². The molecule has 0 atom stereocenters. The van der Waals surface area contributed by atoms with Gasteiger partial charge in [0.1, 0.15) is 11.6 Å². The maximum atomic E-state index is 7.83. The van der Waals surface area contributed by atoms with E-state index in [4.69, 9.17) is 1.37 Å². The third-order valence-electron chi connectivity index (χ3n) is 6.06. The van der Waals surface area contributed by atoms with Crippen molar-refractivity contribution in [3.63, 3.8) is 0 Å². The van der Waals surface area contributed by atoms with Crippen LogP contribution in [0.4, 0.5) is 11.5 Å². The van der Waals surface area contributed by atoms with Crippen LogP contribution in [0.5, 0.6) is 0 Å². The summed E-state index contributed by atoms with van der Waals surface area (Å²) < 4.78 is 10.0. The molecule has 0 aliphatic rings. The minimum atomic E-state index is 0.402. The first-order chi connectivity index (χ1) is 16.7. The van der Waals surface area contributed by atoms with Gasteiger partial charge in [-0.05, 0) is 59.6 Å². The number of hydrogen-bond acceptors (Lipinski definition) is 3. The standard InChI is InChI=1S/C29H22N4/c1-32(28-13-4-6-17-30-28)23-10-8-9-21(19-23)22-15-16-25-24-11-2-3-12-26(24)33(27(25)20-22)29-14-5-7-18-31-29/h2-20H,1H3/i7D. The predicted octanol–water partition coefficient (Wildman–Crippen LogP) is 7.01. The van der Waals surface area contributed by atoms with Crippen molar-refractivity contribution in [2.24, 2.45) is 0 Å². The first-order valence-electron chi connectivity index (χ1n) is 11.4. The van der Waals surface area contributed by atoms with E-state index in [0.29, 0.717) is 6.04 Å². The van der Waals surface area contributed by atoms with Gasteiger partial charge in [0.15, 0.2) is 0 Å². The minimum Gasteiger partial charge on any atom is -0.329 e. The average Bonchev–Trinajstić information content (AvgIpc) is 3.23. The van der Waals surface area contributed by atoms with Crippen LogP contribution in [0.25, 0.3) is 38.8 Å². The summed E-state index contributed by atoms with van der Waals surface area (Å²) in [4.78, 5) is 11.1. The predicted molar refractivity (Wildman–Crippen MR) is 136 cm³/mol. The zero-order valence-corrected chi connectivity index (χ0v) is 18.2. The molecule has 33 heavy (non-hydrogen) atoms. The molecule has 3 aromatic carbocycles. The second-order valence-electron chi connectivity index (χ2n) is 8.00. The maximum Gasteiger partial charge on any atom is 0.137 e. The molecule has 0 aliphatic carbocycles. The van der Waals surface area contributed by atoms with Crippen molar-refractivity contribution in [3.05, 3.63) is 115 Å². The zero-order chi connectivity index (χ0) is 23.1. The summed E-state index contributed by atoms with van der Waals surface area (Å²) in [7, 11) is 2.03. The van der Waals surface area contributed by atoms with Crippen molar-refractivity contribution in [1.29, 1.82) is 0 Å². The molecule has 4 heteroatoms. The highest BCUT2D eigenvalue weighted by Crippen LogP contribution is 2.35. The van der Waals surface area contributed by atoms with Crippen molar-refractivity contribution >= 4 is 33.3 Å². The Hall–Kier alpha value is -4.44. The van der Waals surface area contributed by atoms with E-state index in [1.54, 1.807) is 12.3 Å². The Balaban J connectivity index is 1.51. The fraction of sp³-hybridized carbons (Fsp3) is 0.0345. The van der Waals surface area contributed by atoms with Gasteiger partial charge in [-0.3, -0.25) is 4.57 Å². The lowest BCUT2D eigenvalue weighted by Gasteiger charge is -2.19. The molecule has 0 N–H and O–H groups in total. The molecule has 6 aromatic rings. The summed E-state index contributed by atoms with van der Waals surface area (Å²) in [6, 6.07) is 33.5. The van der Waals surface area contributed by atoms with Crippen LogP contribution in [0.2, 0.25) is 0 Å². The van der Waals surface area contributed by atoms with E-state index in [9.17, 15) is 0 Å². The third-order valence-corrected chi connectivity index (χ3v) is 6.06. The lowest BCUT2D eigenvalue weighted by molar-refractivity contribution is 1.08. The zero-order valence-electron chi connectivity index (χ0n) is 19.2. The van der Waals surface area contributed by atoms with Gasteiger partial charge < -0.3 is 4.90 Å². The largest absolute Gasteiger partial charge is 0.329 e. The van der Waals surface area contributed by atoms with Gasteiger partial charge in [-0.25, -0.2) is 9.97 Å². The van der Waals surface area contributed by atoms with E-state index in [1.165, 1.54) is 10.8 Å². The van der Waals surface area contributed by atoms with Crippen LogP contribution in [0.15, 0.2) is 115 Å². The number of benzene rings is 3. The van der Waals surface area contributed by atoms with Gasteiger partial charge in [0.25, 0.3) is 0 Å². The lowest BCUT2D eigenvalue weighted by Crippen LogP contribution is -2.10. The molecule has 0 bridgehead atoms. The SMILES string of the molecule is [2H]c1ccc(-n2c3ccccc3c3ccc(-c4cccc(N(C)c5ccccn5)c4)cc32)nc1. The molecule has 0 amide bonds. The van der Waals surface area contributed by atoms with Crippen LogP contribution in [-0.4, -0.2) is 21.6 Å². The Morgan fingerprint density at radius 3 is 2.39 bits per heavy atom. The molecule has 0 saturated carbocycles. The highest BCUT2D eigenvalue weighted by atomic mass is 15.2. The van der Waals surface area contributed by atoms with Gasteiger partial charge in [-0.2, -0.15) is 0 Å². The molecule has 0 aliphatic heterocycles. The van der Waals surface area contributed by atoms with Crippen molar-refractivity contribution in [2.75, 3.05) is 11.9 Å². The number of hydrogen-bond donors (Lipinski definition) is 0. The number of nitrogens with zero attached hydrogens (tertiary/aromatic N) is 4. The first kappa shape index (κ1) is 18.2. The van der Waals surface area contributed by atoms with Crippen LogP contribution < -0.4 is 4.90 Å².